The minimum absolute atomic E-state index is 0.0406. The third kappa shape index (κ3) is 5.29. The van der Waals surface area contributed by atoms with Crippen LogP contribution >= 0.6 is 22.9 Å². The lowest BCUT2D eigenvalue weighted by molar-refractivity contribution is -0.121. The van der Waals surface area contributed by atoms with Crippen LogP contribution in [0.1, 0.15) is 54.4 Å². The minimum Gasteiger partial charge on any atom is -0.339 e. The molecule has 1 fully saturated rings. The van der Waals surface area contributed by atoms with Gasteiger partial charge in [-0.1, -0.05) is 54.8 Å². The van der Waals surface area contributed by atoms with E-state index < -0.39 is 0 Å². The van der Waals surface area contributed by atoms with Gasteiger partial charge in [-0.2, -0.15) is 0 Å². The quantitative estimate of drug-likeness (QED) is 0.673. The summed E-state index contributed by atoms with van der Waals surface area (Å²) >= 11 is 7.57. The van der Waals surface area contributed by atoms with Crippen LogP contribution in [-0.2, 0) is 11.2 Å². The van der Waals surface area contributed by atoms with Gasteiger partial charge in [-0.3, -0.25) is 9.59 Å². The molecule has 1 aromatic heterocycles. The average molecular weight is 421 g/mol. The van der Waals surface area contributed by atoms with Crippen molar-refractivity contribution in [1.82, 2.24) is 15.1 Å². The van der Waals surface area contributed by atoms with E-state index in [9.17, 15) is 9.59 Å². The van der Waals surface area contributed by atoms with E-state index in [4.69, 9.17) is 11.6 Å². The minimum atomic E-state index is -0.122. The Hall–Kier alpha value is -1.99. The number of aromatic nitrogens is 2. The number of likely N-dealkylation sites (tertiary alicyclic amines) is 1. The molecular weight excluding hydrogens is 396 g/mol. The van der Waals surface area contributed by atoms with Crippen molar-refractivity contribution >= 4 is 39.9 Å². The second-order valence-corrected chi connectivity index (χ2v) is 8.46. The number of halogens is 1. The van der Waals surface area contributed by atoms with Crippen LogP contribution in [-0.4, -0.2) is 40.0 Å². The molecule has 1 aromatic carbocycles. The molecule has 0 aliphatic carbocycles. The zero-order chi connectivity index (χ0) is 19.9. The van der Waals surface area contributed by atoms with Gasteiger partial charge in [0.1, 0.15) is 5.01 Å². The topological polar surface area (TPSA) is 75.2 Å². The normalized spacial score (nSPS) is 14.9. The predicted octanol–water partition coefficient (Wildman–Crippen LogP) is 4.42. The van der Waals surface area contributed by atoms with E-state index in [1.807, 2.05) is 0 Å². The highest BCUT2D eigenvalue weighted by atomic mass is 35.5. The van der Waals surface area contributed by atoms with E-state index in [2.05, 4.69) is 22.4 Å². The standard InChI is InChI=1S/C20H25ClN4O2S/c1-2-3-4-9-17-23-24-20(28-17)22-18(26)14-10-12-25(13-11-14)19(27)15-7-5-6-8-16(15)21/h5-8,14H,2-4,9-13H2,1H3,(H,22,24,26). The first-order valence-electron chi connectivity index (χ1n) is 9.75. The van der Waals surface area contributed by atoms with E-state index >= 15 is 0 Å². The molecule has 1 saturated heterocycles. The molecular formula is C20H25ClN4O2S. The maximum absolute atomic E-state index is 12.6. The number of nitrogens with zero attached hydrogens (tertiary/aromatic N) is 3. The number of unbranched alkanes of at least 4 members (excludes halogenated alkanes) is 2. The smallest absolute Gasteiger partial charge is 0.255 e. The Labute approximate surface area is 174 Å². The van der Waals surface area contributed by atoms with Crippen LogP contribution in [0.3, 0.4) is 0 Å². The molecule has 150 valence electrons. The van der Waals surface area contributed by atoms with Crippen LogP contribution in [0.2, 0.25) is 5.02 Å². The number of amides is 2. The van der Waals surface area contributed by atoms with Gasteiger partial charge in [-0.05, 0) is 31.4 Å². The number of carbonyl (C=O) groups is 2. The first kappa shape index (κ1) is 20.7. The van der Waals surface area contributed by atoms with E-state index in [0.717, 1.165) is 17.8 Å². The summed E-state index contributed by atoms with van der Waals surface area (Å²) < 4.78 is 0. The lowest BCUT2D eigenvalue weighted by atomic mass is 9.95. The molecule has 2 heterocycles. The van der Waals surface area contributed by atoms with Crippen molar-refractivity contribution in [2.45, 2.75) is 45.4 Å². The Bertz CT molecular complexity index is 818. The zero-order valence-electron chi connectivity index (χ0n) is 16.0. The molecule has 8 heteroatoms. The van der Waals surface area contributed by atoms with Gasteiger partial charge in [-0.25, -0.2) is 0 Å². The Kier molecular flexibility index (Phi) is 7.39. The number of benzene rings is 1. The van der Waals surface area contributed by atoms with E-state index in [-0.39, 0.29) is 17.7 Å². The molecule has 2 amide bonds. The van der Waals surface area contributed by atoms with Gasteiger partial charge in [0.05, 0.1) is 10.6 Å². The lowest BCUT2D eigenvalue weighted by Crippen LogP contribution is -2.41. The first-order valence-corrected chi connectivity index (χ1v) is 10.9. The summed E-state index contributed by atoms with van der Waals surface area (Å²) in [4.78, 5) is 26.9. The Morgan fingerprint density at radius 2 is 1.96 bits per heavy atom. The molecule has 0 saturated carbocycles. The summed E-state index contributed by atoms with van der Waals surface area (Å²) in [5, 5.41) is 13.1. The second-order valence-electron chi connectivity index (χ2n) is 6.99. The van der Waals surface area contributed by atoms with Crippen LogP contribution in [0.4, 0.5) is 5.13 Å². The fraction of sp³-hybridized carbons (Fsp3) is 0.500. The highest BCUT2D eigenvalue weighted by Crippen LogP contribution is 2.24. The number of hydrogen-bond acceptors (Lipinski definition) is 5. The molecule has 1 aliphatic heterocycles. The van der Waals surface area contributed by atoms with Gasteiger partial charge < -0.3 is 10.2 Å². The Morgan fingerprint density at radius 1 is 1.21 bits per heavy atom. The highest BCUT2D eigenvalue weighted by Gasteiger charge is 2.29. The fourth-order valence-electron chi connectivity index (χ4n) is 3.29. The molecule has 0 radical (unpaired) electrons. The number of piperidine rings is 1. The third-order valence-corrected chi connectivity index (χ3v) is 6.18. The van der Waals surface area contributed by atoms with E-state index in [1.54, 1.807) is 29.2 Å². The fourth-order valence-corrected chi connectivity index (χ4v) is 4.29. The van der Waals surface area contributed by atoms with Crippen LogP contribution in [0, 0.1) is 5.92 Å². The maximum Gasteiger partial charge on any atom is 0.255 e. The van der Waals surface area contributed by atoms with Gasteiger partial charge in [-0.15, -0.1) is 10.2 Å². The summed E-state index contributed by atoms with van der Waals surface area (Å²) in [6.45, 7) is 3.25. The molecule has 1 N–H and O–H groups in total. The van der Waals surface area contributed by atoms with Crippen LogP contribution in [0.15, 0.2) is 24.3 Å². The maximum atomic E-state index is 12.6. The largest absolute Gasteiger partial charge is 0.339 e. The number of carbonyl (C=O) groups excluding carboxylic acids is 2. The monoisotopic (exact) mass is 420 g/mol. The average Bonchev–Trinajstić information content (AvgIpc) is 3.15. The SMILES string of the molecule is CCCCCc1nnc(NC(=O)C2CCN(C(=O)c3ccccc3Cl)CC2)s1. The number of rotatable bonds is 7. The summed E-state index contributed by atoms with van der Waals surface area (Å²) in [6.07, 6.45) is 5.60. The number of aryl methyl sites for hydroxylation is 1. The summed E-state index contributed by atoms with van der Waals surface area (Å²) in [5.41, 5.74) is 0.511. The van der Waals surface area contributed by atoms with Crippen molar-refractivity contribution in [3.8, 4) is 0 Å². The van der Waals surface area contributed by atoms with Gasteiger partial charge in [0.2, 0.25) is 11.0 Å². The van der Waals surface area contributed by atoms with Gasteiger partial charge >= 0.3 is 0 Å². The van der Waals surface area contributed by atoms with Crippen molar-refractivity contribution in [2.75, 3.05) is 18.4 Å². The van der Waals surface area contributed by atoms with Crippen molar-refractivity contribution in [3.63, 3.8) is 0 Å². The van der Waals surface area contributed by atoms with Crippen LogP contribution in [0.25, 0.3) is 0 Å². The van der Waals surface area contributed by atoms with Crippen molar-refractivity contribution in [1.29, 1.82) is 0 Å². The molecule has 6 nitrogen and oxygen atoms in total. The molecule has 0 bridgehead atoms. The molecule has 0 spiro atoms. The Morgan fingerprint density at radius 3 is 2.68 bits per heavy atom. The van der Waals surface area contributed by atoms with Gasteiger partial charge in [0.15, 0.2) is 0 Å². The number of hydrogen-bond donors (Lipinski definition) is 1. The third-order valence-electron chi connectivity index (χ3n) is 4.95. The molecule has 1 aliphatic rings. The lowest BCUT2D eigenvalue weighted by Gasteiger charge is -2.31. The van der Waals surface area contributed by atoms with E-state index in [0.29, 0.717) is 41.6 Å². The van der Waals surface area contributed by atoms with Crippen molar-refractivity contribution in [2.24, 2.45) is 5.92 Å². The Balaban J connectivity index is 1.49. The molecule has 2 aromatic rings. The second kappa shape index (κ2) is 9.98. The number of nitrogens with one attached hydrogen (secondary N) is 1. The summed E-state index contributed by atoms with van der Waals surface area (Å²) in [7, 11) is 0. The molecule has 0 atom stereocenters. The summed E-state index contributed by atoms with van der Waals surface area (Å²) in [6, 6.07) is 7.06. The van der Waals surface area contributed by atoms with Gasteiger partial charge in [0, 0.05) is 25.4 Å². The summed E-state index contributed by atoms with van der Waals surface area (Å²) in [5.74, 6) is -0.242. The molecule has 0 unspecified atom stereocenters. The van der Waals surface area contributed by atoms with Crippen molar-refractivity contribution < 1.29 is 9.59 Å². The van der Waals surface area contributed by atoms with Crippen molar-refractivity contribution in [3.05, 3.63) is 39.9 Å². The van der Waals surface area contributed by atoms with Crippen LogP contribution in [0.5, 0.6) is 0 Å². The van der Waals surface area contributed by atoms with Crippen LogP contribution < -0.4 is 5.32 Å². The van der Waals surface area contributed by atoms with E-state index in [1.165, 1.54) is 24.2 Å². The van der Waals surface area contributed by atoms with Gasteiger partial charge in [0.25, 0.3) is 5.91 Å². The predicted molar refractivity (Wildman–Crippen MR) is 112 cm³/mol. The molecule has 3 rings (SSSR count). The highest BCUT2D eigenvalue weighted by molar-refractivity contribution is 7.15. The molecule has 28 heavy (non-hydrogen) atoms. The number of anilines is 1. The first-order chi connectivity index (χ1) is 13.6. The zero-order valence-corrected chi connectivity index (χ0v) is 17.6.